The molecule has 3 heteroatoms. The van der Waals surface area contributed by atoms with Crippen molar-refractivity contribution in [1.29, 1.82) is 0 Å². The zero-order valence-corrected chi connectivity index (χ0v) is 12.0. The van der Waals surface area contributed by atoms with Crippen LogP contribution >= 0.6 is 0 Å². The molecular weight excluding hydrogens is 236 g/mol. The van der Waals surface area contributed by atoms with Gasteiger partial charge in [0.15, 0.2) is 0 Å². The molecule has 1 aromatic heterocycles. The van der Waals surface area contributed by atoms with Gasteiger partial charge < -0.3 is 14.6 Å². The maximum atomic E-state index is 5.25. The van der Waals surface area contributed by atoms with Crippen molar-refractivity contribution in [2.45, 2.75) is 32.7 Å². The molecule has 0 unspecified atom stereocenters. The molecule has 0 fully saturated rings. The Hall–Kier alpha value is -1.48. The maximum Gasteiger partial charge on any atom is 0.119 e. The molecule has 0 atom stereocenters. The molecule has 19 heavy (non-hydrogen) atoms. The Bertz CT molecular complexity index is 504. The van der Waals surface area contributed by atoms with Crippen LogP contribution < -0.4 is 10.1 Å². The van der Waals surface area contributed by atoms with Crippen LogP contribution in [-0.4, -0.2) is 24.8 Å². The Morgan fingerprint density at radius 3 is 2.84 bits per heavy atom. The third kappa shape index (κ3) is 3.74. The summed E-state index contributed by atoms with van der Waals surface area (Å²) < 4.78 is 7.58. The van der Waals surface area contributed by atoms with Crippen LogP contribution in [0.2, 0.25) is 0 Å². The standard InChI is InChI=1S/C16H24N2O/c1-3-9-17-10-4-5-11-18-12-8-14-13-15(19-2)6-7-16(14)18/h6-8,12-13,17H,3-5,9-11H2,1-2H3. The highest BCUT2D eigenvalue weighted by molar-refractivity contribution is 5.81. The lowest BCUT2D eigenvalue weighted by Gasteiger charge is -2.07. The summed E-state index contributed by atoms with van der Waals surface area (Å²) in [5, 5.41) is 4.69. The zero-order chi connectivity index (χ0) is 13.5. The van der Waals surface area contributed by atoms with Gasteiger partial charge in [0.25, 0.3) is 0 Å². The number of rotatable bonds is 8. The number of hydrogen-bond acceptors (Lipinski definition) is 2. The first-order chi connectivity index (χ1) is 9.35. The van der Waals surface area contributed by atoms with Gasteiger partial charge in [0.1, 0.15) is 5.75 Å². The van der Waals surface area contributed by atoms with E-state index in [1.165, 1.54) is 30.2 Å². The van der Waals surface area contributed by atoms with Crippen LogP contribution in [0.25, 0.3) is 10.9 Å². The monoisotopic (exact) mass is 260 g/mol. The number of unbranched alkanes of at least 4 members (excludes halogenated alkanes) is 1. The predicted molar refractivity (Wildman–Crippen MR) is 80.9 cm³/mol. The number of methoxy groups -OCH3 is 1. The minimum absolute atomic E-state index is 0.925. The van der Waals surface area contributed by atoms with E-state index in [1.807, 2.05) is 6.07 Å². The second-order valence-electron chi connectivity index (χ2n) is 4.89. The van der Waals surface area contributed by atoms with Crippen LogP contribution in [0, 0.1) is 0 Å². The first-order valence-corrected chi connectivity index (χ1v) is 7.18. The van der Waals surface area contributed by atoms with Gasteiger partial charge in [-0.3, -0.25) is 0 Å². The lowest BCUT2D eigenvalue weighted by Crippen LogP contribution is -2.16. The van der Waals surface area contributed by atoms with Gasteiger partial charge >= 0.3 is 0 Å². The number of fused-ring (bicyclic) bond motifs is 1. The fraction of sp³-hybridized carbons (Fsp3) is 0.500. The van der Waals surface area contributed by atoms with Gasteiger partial charge in [-0.25, -0.2) is 0 Å². The first kappa shape index (κ1) is 13.9. The number of hydrogen-bond donors (Lipinski definition) is 1. The fourth-order valence-corrected chi connectivity index (χ4v) is 2.33. The van der Waals surface area contributed by atoms with E-state index >= 15 is 0 Å². The summed E-state index contributed by atoms with van der Waals surface area (Å²) in [4.78, 5) is 0. The summed E-state index contributed by atoms with van der Waals surface area (Å²) in [5.74, 6) is 0.925. The van der Waals surface area contributed by atoms with Crippen LogP contribution in [0.15, 0.2) is 30.5 Å². The molecule has 104 valence electrons. The van der Waals surface area contributed by atoms with Gasteiger partial charge in [-0.2, -0.15) is 0 Å². The van der Waals surface area contributed by atoms with Crippen molar-refractivity contribution < 1.29 is 4.74 Å². The van der Waals surface area contributed by atoms with Gasteiger partial charge in [-0.05, 0) is 56.6 Å². The van der Waals surface area contributed by atoms with E-state index in [0.29, 0.717) is 0 Å². The first-order valence-electron chi connectivity index (χ1n) is 7.18. The highest BCUT2D eigenvalue weighted by Crippen LogP contribution is 2.22. The average Bonchev–Trinajstić information content (AvgIpc) is 2.85. The molecule has 1 aromatic carbocycles. The van der Waals surface area contributed by atoms with Crippen LogP contribution in [-0.2, 0) is 6.54 Å². The molecule has 0 aliphatic carbocycles. The van der Waals surface area contributed by atoms with Crippen molar-refractivity contribution in [3.63, 3.8) is 0 Å². The van der Waals surface area contributed by atoms with E-state index in [9.17, 15) is 0 Å². The van der Waals surface area contributed by atoms with Crippen LogP contribution in [0.4, 0.5) is 0 Å². The van der Waals surface area contributed by atoms with Crippen molar-refractivity contribution in [1.82, 2.24) is 9.88 Å². The van der Waals surface area contributed by atoms with Gasteiger partial charge in [-0.15, -0.1) is 0 Å². The molecule has 3 nitrogen and oxygen atoms in total. The van der Waals surface area contributed by atoms with Gasteiger partial charge in [0, 0.05) is 23.6 Å². The van der Waals surface area contributed by atoms with E-state index < -0.39 is 0 Å². The molecule has 0 spiro atoms. The van der Waals surface area contributed by atoms with Gasteiger partial charge in [-0.1, -0.05) is 6.92 Å². The van der Waals surface area contributed by atoms with Crippen molar-refractivity contribution in [3.8, 4) is 5.75 Å². The molecule has 1 N–H and O–H groups in total. The Balaban J connectivity index is 1.87. The number of ether oxygens (including phenoxy) is 1. The average molecular weight is 260 g/mol. The summed E-state index contributed by atoms with van der Waals surface area (Å²) in [6.45, 7) is 5.55. The van der Waals surface area contributed by atoms with Crippen LogP contribution in [0.5, 0.6) is 5.75 Å². The van der Waals surface area contributed by atoms with Crippen molar-refractivity contribution >= 4 is 10.9 Å². The number of benzene rings is 1. The Kier molecular flexibility index (Phi) is 5.28. The summed E-state index contributed by atoms with van der Waals surface area (Å²) in [7, 11) is 1.71. The molecule has 0 bridgehead atoms. The zero-order valence-electron chi connectivity index (χ0n) is 12.0. The number of aromatic nitrogens is 1. The van der Waals surface area contributed by atoms with E-state index in [4.69, 9.17) is 4.74 Å². The smallest absolute Gasteiger partial charge is 0.119 e. The Labute approximate surface area is 115 Å². The molecular formula is C16H24N2O. The van der Waals surface area contributed by atoms with Gasteiger partial charge in [0.2, 0.25) is 0 Å². The summed E-state index contributed by atoms with van der Waals surface area (Å²) in [6, 6.07) is 8.42. The third-order valence-electron chi connectivity index (χ3n) is 3.41. The second-order valence-corrected chi connectivity index (χ2v) is 4.89. The molecule has 0 amide bonds. The molecule has 1 heterocycles. The SMILES string of the molecule is CCCNCCCCn1ccc2cc(OC)ccc21. The molecule has 2 aromatic rings. The highest BCUT2D eigenvalue weighted by atomic mass is 16.5. The highest BCUT2D eigenvalue weighted by Gasteiger charge is 2.02. The predicted octanol–water partition coefficient (Wildman–Crippen LogP) is 3.43. The normalized spacial score (nSPS) is 11.1. The molecule has 2 rings (SSSR count). The maximum absolute atomic E-state index is 5.25. The van der Waals surface area contributed by atoms with E-state index in [2.05, 4.69) is 41.2 Å². The Morgan fingerprint density at radius 1 is 1.16 bits per heavy atom. The molecule has 0 saturated carbocycles. The molecule has 0 aliphatic rings. The van der Waals surface area contributed by atoms with Gasteiger partial charge in [0.05, 0.1) is 7.11 Å². The van der Waals surface area contributed by atoms with Crippen LogP contribution in [0.1, 0.15) is 26.2 Å². The molecule has 0 radical (unpaired) electrons. The third-order valence-corrected chi connectivity index (χ3v) is 3.41. The summed E-state index contributed by atoms with van der Waals surface area (Å²) >= 11 is 0. The van der Waals surface area contributed by atoms with Crippen LogP contribution in [0.3, 0.4) is 0 Å². The van der Waals surface area contributed by atoms with E-state index in [1.54, 1.807) is 7.11 Å². The minimum atomic E-state index is 0.925. The van der Waals surface area contributed by atoms with E-state index in [-0.39, 0.29) is 0 Å². The topological polar surface area (TPSA) is 26.2 Å². The number of nitrogens with one attached hydrogen (secondary N) is 1. The summed E-state index contributed by atoms with van der Waals surface area (Å²) in [5.41, 5.74) is 1.29. The quantitative estimate of drug-likeness (QED) is 0.736. The summed E-state index contributed by atoms with van der Waals surface area (Å²) in [6.07, 6.45) is 5.83. The lowest BCUT2D eigenvalue weighted by molar-refractivity contribution is 0.415. The molecule has 0 aliphatic heterocycles. The Morgan fingerprint density at radius 2 is 2.05 bits per heavy atom. The van der Waals surface area contributed by atoms with Crippen molar-refractivity contribution in [2.75, 3.05) is 20.2 Å². The van der Waals surface area contributed by atoms with E-state index in [0.717, 1.165) is 25.4 Å². The second kappa shape index (κ2) is 7.19. The number of aryl methyl sites for hydroxylation is 1. The molecule has 0 saturated heterocycles. The minimum Gasteiger partial charge on any atom is -0.497 e. The fourth-order valence-electron chi connectivity index (χ4n) is 2.33. The van der Waals surface area contributed by atoms with Crippen molar-refractivity contribution in [2.24, 2.45) is 0 Å². The number of nitrogens with zero attached hydrogens (tertiary/aromatic N) is 1. The van der Waals surface area contributed by atoms with Crippen molar-refractivity contribution in [3.05, 3.63) is 30.5 Å². The lowest BCUT2D eigenvalue weighted by atomic mass is 10.2. The largest absolute Gasteiger partial charge is 0.497 e.